The molecule has 8 nitrogen and oxygen atoms in total. The Morgan fingerprint density at radius 3 is 2.38 bits per heavy atom. The normalized spacial score (nSPS) is 12.1. The fourth-order valence-electron chi connectivity index (χ4n) is 3.93. The lowest BCUT2D eigenvalue weighted by Gasteiger charge is -2.34. The highest BCUT2D eigenvalue weighted by Gasteiger charge is 2.34. The summed E-state index contributed by atoms with van der Waals surface area (Å²) in [5.41, 5.74) is 7.86. The molecular formula is C30H34BrN3O5. The van der Waals surface area contributed by atoms with Gasteiger partial charge in [-0.2, -0.15) is 0 Å². The van der Waals surface area contributed by atoms with E-state index in [9.17, 15) is 9.59 Å². The van der Waals surface area contributed by atoms with Crippen LogP contribution in [0.3, 0.4) is 0 Å². The predicted molar refractivity (Wildman–Crippen MR) is 158 cm³/mol. The van der Waals surface area contributed by atoms with Gasteiger partial charge in [-0.1, -0.05) is 60.1 Å². The number of amides is 2. The van der Waals surface area contributed by atoms with Crippen molar-refractivity contribution < 1.29 is 24.2 Å². The Hall–Kier alpha value is -3.82. The van der Waals surface area contributed by atoms with Gasteiger partial charge in [0.05, 0.1) is 18.0 Å². The number of ether oxygens (including phenoxy) is 2. The molecule has 206 valence electrons. The highest BCUT2D eigenvalue weighted by Crippen LogP contribution is 2.41. The van der Waals surface area contributed by atoms with Crippen LogP contribution < -0.4 is 21.1 Å². The number of aliphatic hydroxyl groups is 1. The van der Waals surface area contributed by atoms with Gasteiger partial charge in [-0.3, -0.25) is 10.1 Å². The van der Waals surface area contributed by atoms with Crippen LogP contribution in [0.15, 0.2) is 89.4 Å². The van der Waals surface area contributed by atoms with Gasteiger partial charge in [-0.25, -0.2) is 4.79 Å². The van der Waals surface area contributed by atoms with Gasteiger partial charge in [0.1, 0.15) is 18.5 Å². The van der Waals surface area contributed by atoms with Gasteiger partial charge in [-0.05, 0) is 73.0 Å². The molecule has 3 aromatic carbocycles. The molecule has 0 bridgehead atoms. The molecule has 0 aliphatic carbocycles. The van der Waals surface area contributed by atoms with Gasteiger partial charge in [-0.15, -0.1) is 0 Å². The first-order chi connectivity index (χ1) is 18.7. The van der Waals surface area contributed by atoms with Crippen LogP contribution in [0.5, 0.6) is 5.75 Å². The van der Waals surface area contributed by atoms with Crippen LogP contribution in [-0.4, -0.2) is 30.3 Å². The van der Waals surface area contributed by atoms with Crippen molar-refractivity contribution in [2.75, 3.05) is 29.6 Å². The van der Waals surface area contributed by atoms with Gasteiger partial charge in [0.25, 0.3) is 0 Å². The average Bonchev–Trinajstić information content (AvgIpc) is 2.91. The van der Waals surface area contributed by atoms with E-state index in [0.717, 1.165) is 10.0 Å². The second-order valence-electron chi connectivity index (χ2n) is 9.56. The summed E-state index contributed by atoms with van der Waals surface area (Å²) in [6, 6.07) is 21.5. The van der Waals surface area contributed by atoms with E-state index >= 15 is 0 Å². The number of hydrogen-bond acceptors (Lipinski definition) is 6. The predicted octanol–water partition coefficient (Wildman–Crippen LogP) is 6.69. The largest absolute Gasteiger partial charge is 0.491 e. The van der Waals surface area contributed by atoms with Crippen LogP contribution in [0, 0.1) is 5.41 Å². The van der Waals surface area contributed by atoms with Crippen molar-refractivity contribution in [3.63, 3.8) is 0 Å². The van der Waals surface area contributed by atoms with E-state index in [1.165, 1.54) is 6.08 Å². The fourth-order valence-corrected chi connectivity index (χ4v) is 4.20. The Morgan fingerprint density at radius 2 is 1.72 bits per heavy atom. The molecule has 0 saturated carbocycles. The minimum absolute atomic E-state index is 0.0823. The Labute approximate surface area is 237 Å². The molecular weight excluding hydrogens is 562 g/mol. The Kier molecular flexibility index (Phi) is 11.0. The second-order valence-corrected chi connectivity index (χ2v) is 10.5. The van der Waals surface area contributed by atoms with Gasteiger partial charge in [0.15, 0.2) is 0 Å². The van der Waals surface area contributed by atoms with Crippen molar-refractivity contribution >= 4 is 45.0 Å². The molecule has 39 heavy (non-hydrogen) atoms. The lowest BCUT2D eigenvalue weighted by Crippen LogP contribution is -2.29. The number of para-hydroxylation sites is 2. The number of carbonyl (C=O) groups is 2. The highest BCUT2D eigenvalue weighted by molar-refractivity contribution is 9.10. The number of rotatable bonds is 12. The van der Waals surface area contributed by atoms with Gasteiger partial charge >= 0.3 is 6.09 Å². The zero-order valence-electron chi connectivity index (χ0n) is 22.0. The van der Waals surface area contributed by atoms with Crippen molar-refractivity contribution in [1.82, 2.24) is 0 Å². The van der Waals surface area contributed by atoms with Gasteiger partial charge in [0, 0.05) is 15.6 Å². The first-order valence-electron chi connectivity index (χ1n) is 12.6. The van der Waals surface area contributed by atoms with Crippen LogP contribution in [0.1, 0.15) is 38.4 Å². The number of nitrogen functional groups attached to an aromatic ring is 1. The molecule has 0 aliphatic rings. The molecule has 0 aromatic heterocycles. The quantitative estimate of drug-likeness (QED) is 0.136. The molecule has 1 atom stereocenters. The fraction of sp³-hybridized carbons (Fsp3) is 0.267. The molecule has 0 fully saturated rings. The minimum Gasteiger partial charge on any atom is -0.491 e. The molecule has 0 spiro atoms. The van der Waals surface area contributed by atoms with E-state index in [1.807, 2.05) is 38.1 Å². The summed E-state index contributed by atoms with van der Waals surface area (Å²) >= 11 is 3.38. The molecule has 0 radical (unpaired) electrons. The Bertz CT molecular complexity index is 1260. The lowest BCUT2D eigenvalue weighted by molar-refractivity contribution is -0.111. The smallest absolute Gasteiger partial charge is 0.412 e. The third kappa shape index (κ3) is 9.46. The first-order valence-corrected chi connectivity index (χ1v) is 13.4. The first kappa shape index (κ1) is 29.7. The monoisotopic (exact) mass is 595 g/mol. The average molecular weight is 597 g/mol. The summed E-state index contributed by atoms with van der Waals surface area (Å²) in [7, 11) is 0. The summed E-state index contributed by atoms with van der Waals surface area (Å²) in [5, 5.41) is 14.6. The van der Waals surface area contributed by atoms with Crippen LogP contribution in [0.2, 0.25) is 0 Å². The van der Waals surface area contributed by atoms with Crippen LogP contribution in [0.25, 0.3) is 0 Å². The number of carbonyl (C=O) groups excluding carboxylic acids is 2. The molecule has 0 heterocycles. The minimum atomic E-state index is -0.591. The van der Waals surface area contributed by atoms with Crippen molar-refractivity contribution in [3.8, 4) is 5.75 Å². The number of benzene rings is 3. The van der Waals surface area contributed by atoms with Gasteiger partial charge in [0.2, 0.25) is 5.91 Å². The summed E-state index contributed by atoms with van der Waals surface area (Å²) in [4.78, 5) is 25.2. The number of allylic oxidation sites excluding steroid dienone is 1. The summed E-state index contributed by atoms with van der Waals surface area (Å²) in [6.07, 6.45) is 3.31. The molecule has 3 rings (SSSR count). The number of anilines is 3. The number of nitrogens with one attached hydrogen (secondary N) is 2. The molecule has 5 N–H and O–H groups in total. The number of nitrogens with two attached hydrogens (primary N) is 1. The van der Waals surface area contributed by atoms with Gasteiger partial charge < -0.3 is 25.6 Å². The summed E-state index contributed by atoms with van der Waals surface area (Å²) in [5.74, 6) is 0.336. The lowest BCUT2D eigenvalue weighted by atomic mass is 9.78. The maximum absolute atomic E-state index is 12.9. The van der Waals surface area contributed by atoms with Crippen LogP contribution in [0.4, 0.5) is 21.9 Å². The standard InChI is InChI=1S/C30H34BrN3O5/c1-30(2,18-6-5-9-27(36)34-26-8-4-3-7-25(26)32)28(21-10-16-24(17-11-21)38-20-19-35)39-29(37)33-23-14-12-22(31)13-15-23/h3-5,7-17,28,35H,6,18-20,32H2,1-2H3,(H,33,37)(H,34,36)/b9-5+/t28-/m1/s1. The van der Waals surface area contributed by atoms with E-state index < -0.39 is 17.6 Å². The molecule has 0 unspecified atom stereocenters. The molecule has 3 aromatic rings. The SMILES string of the molecule is CC(C)(CC/C=C/C(=O)Nc1ccccc1N)[C@H](OC(=O)Nc1ccc(Br)cc1)c1ccc(OCCO)cc1. The zero-order chi connectivity index (χ0) is 28.3. The topological polar surface area (TPSA) is 123 Å². The number of aliphatic hydroxyl groups excluding tert-OH is 1. The van der Waals surface area contributed by atoms with E-state index in [-0.39, 0.29) is 19.1 Å². The third-order valence-corrected chi connectivity index (χ3v) is 6.54. The molecule has 2 amide bonds. The van der Waals surface area contributed by atoms with E-state index in [1.54, 1.807) is 54.6 Å². The molecule has 0 aliphatic heterocycles. The maximum Gasteiger partial charge on any atom is 0.412 e. The van der Waals surface area contributed by atoms with Crippen molar-refractivity contribution in [1.29, 1.82) is 0 Å². The molecule has 9 heteroatoms. The van der Waals surface area contributed by atoms with Crippen LogP contribution >= 0.6 is 15.9 Å². The highest BCUT2D eigenvalue weighted by atomic mass is 79.9. The summed E-state index contributed by atoms with van der Waals surface area (Å²) < 4.78 is 12.3. The third-order valence-electron chi connectivity index (χ3n) is 6.01. The second kappa shape index (κ2) is 14.4. The molecule has 0 saturated heterocycles. The van der Waals surface area contributed by atoms with E-state index in [2.05, 4.69) is 26.6 Å². The van der Waals surface area contributed by atoms with E-state index in [4.69, 9.17) is 20.3 Å². The maximum atomic E-state index is 12.9. The van der Waals surface area contributed by atoms with Crippen LogP contribution in [-0.2, 0) is 9.53 Å². The van der Waals surface area contributed by atoms with Crippen molar-refractivity contribution in [2.24, 2.45) is 5.41 Å². The van der Waals surface area contributed by atoms with E-state index in [0.29, 0.717) is 35.7 Å². The summed E-state index contributed by atoms with van der Waals surface area (Å²) in [6.45, 7) is 4.14. The zero-order valence-corrected chi connectivity index (χ0v) is 23.6. The number of hydrogen-bond donors (Lipinski definition) is 4. The van der Waals surface area contributed by atoms with Crippen molar-refractivity contribution in [3.05, 3.63) is 95.0 Å². The number of halogens is 1. The Morgan fingerprint density at radius 1 is 1.03 bits per heavy atom. The Balaban J connectivity index is 1.69. The van der Waals surface area contributed by atoms with Crippen molar-refractivity contribution in [2.45, 2.75) is 32.8 Å².